The molecule has 1 heterocycles. The summed E-state index contributed by atoms with van der Waals surface area (Å²) in [6.07, 6.45) is 2.70. The summed E-state index contributed by atoms with van der Waals surface area (Å²) in [4.78, 5) is 32.2. The van der Waals surface area contributed by atoms with Crippen LogP contribution < -0.4 is 5.73 Å². The first-order chi connectivity index (χ1) is 8.60. The molecule has 0 aliphatic heterocycles. The quantitative estimate of drug-likeness (QED) is 0.745. The minimum absolute atomic E-state index is 0.0159. The van der Waals surface area contributed by atoms with Gasteiger partial charge in [0.2, 0.25) is 0 Å². The van der Waals surface area contributed by atoms with Crippen molar-refractivity contribution in [3.05, 3.63) is 18.1 Å². The maximum atomic E-state index is 11.6. The van der Waals surface area contributed by atoms with Gasteiger partial charge in [0.25, 0.3) is 5.91 Å². The van der Waals surface area contributed by atoms with E-state index in [0.717, 1.165) is 0 Å². The lowest BCUT2D eigenvalue weighted by molar-refractivity contribution is -0.134. The topological polar surface area (TPSA) is 98.4 Å². The van der Waals surface area contributed by atoms with Gasteiger partial charge in [-0.3, -0.25) is 4.79 Å². The molecular formula is C11H16N4O3. The van der Waals surface area contributed by atoms with E-state index in [1.54, 1.807) is 4.90 Å². The number of nitrogen functional groups attached to an aromatic ring is 1. The molecule has 0 aliphatic carbocycles. The predicted molar refractivity (Wildman–Crippen MR) is 64.7 cm³/mol. The molecule has 0 aromatic carbocycles. The summed E-state index contributed by atoms with van der Waals surface area (Å²) in [5.74, 6) is -1.02. The fraction of sp³-hybridized carbons (Fsp3) is 0.455. The van der Waals surface area contributed by atoms with Gasteiger partial charge in [0.05, 0.1) is 0 Å². The highest BCUT2D eigenvalue weighted by Gasteiger charge is 2.17. The third kappa shape index (κ3) is 3.41. The molecule has 7 nitrogen and oxygen atoms in total. The largest absolute Gasteiger partial charge is 0.451 e. The van der Waals surface area contributed by atoms with Gasteiger partial charge in [-0.05, 0) is 13.8 Å². The molecule has 1 rings (SSSR count). The zero-order chi connectivity index (χ0) is 13.5. The number of carbonyl (C=O) groups is 2. The molecule has 0 saturated carbocycles. The Morgan fingerprint density at radius 2 is 1.89 bits per heavy atom. The average molecular weight is 252 g/mol. The lowest BCUT2D eigenvalue weighted by Gasteiger charge is -2.18. The Kier molecular flexibility index (Phi) is 5.04. The van der Waals surface area contributed by atoms with Crippen molar-refractivity contribution in [1.82, 2.24) is 14.9 Å². The summed E-state index contributed by atoms with van der Waals surface area (Å²) in [5.41, 5.74) is 5.39. The average Bonchev–Trinajstić information content (AvgIpc) is 2.38. The third-order valence-corrected chi connectivity index (χ3v) is 2.36. The molecule has 7 heteroatoms. The van der Waals surface area contributed by atoms with Crippen LogP contribution in [-0.4, -0.2) is 46.4 Å². The SMILES string of the molecule is CCN(CC)C(=O)COC(=O)c1nccnc1N. The van der Waals surface area contributed by atoms with Gasteiger partial charge in [-0.1, -0.05) is 0 Å². The maximum absolute atomic E-state index is 11.6. The monoisotopic (exact) mass is 252 g/mol. The van der Waals surface area contributed by atoms with E-state index in [-0.39, 0.29) is 24.0 Å². The number of carbonyl (C=O) groups excluding carboxylic acids is 2. The summed E-state index contributed by atoms with van der Waals surface area (Å²) in [5, 5.41) is 0. The van der Waals surface area contributed by atoms with E-state index >= 15 is 0 Å². The molecule has 0 saturated heterocycles. The molecule has 18 heavy (non-hydrogen) atoms. The van der Waals surface area contributed by atoms with Crippen molar-refractivity contribution < 1.29 is 14.3 Å². The first kappa shape index (κ1) is 13.9. The van der Waals surface area contributed by atoms with Gasteiger partial charge in [0, 0.05) is 25.5 Å². The fourth-order valence-corrected chi connectivity index (χ4v) is 1.37. The number of rotatable bonds is 5. The number of hydrogen-bond acceptors (Lipinski definition) is 6. The number of likely N-dealkylation sites (N-methyl/N-ethyl adjacent to an activating group) is 1. The Balaban J connectivity index is 2.57. The van der Waals surface area contributed by atoms with E-state index in [1.807, 2.05) is 13.8 Å². The van der Waals surface area contributed by atoms with Gasteiger partial charge >= 0.3 is 5.97 Å². The van der Waals surface area contributed by atoms with Crippen LogP contribution in [0.25, 0.3) is 0 Å². The van der Waals surface area contributed by atoms with Crippen LogP contribution in [0, 0.1) is 0 Å². The van der Waals surface area contributed by atoms with Crippen molar-refractivity contribution in [1.29, 1.82) is 0 Å². The van der Waals surface area contributed by atoms with Crippen LogP contribution in [0.2, 0.25) is 0 Å². The van der Waals surface area contributed by atoms with Crippen LogP contribution >= 0.6 is 0 Å². The number of anilines is 1. The van der Waals surface area contributed by atoms with Gasteiger partial charge in [0.15, 0.2) is 18.1 Å². The van der Waals surface area contributed by atoms with Crippen LogP contribution in [0.5, 0.6) is 0 Å². The zero-order valence-electron chi connectivity index (χ0n) is 10.4. The van der Waals surface area contributed by atoms with Crippen LogP contribution in [0.15, 0.2) is 12.4 Å². The highest BCUT2D eigenvalue weighted by atomic mass is 16.5. The molecule has 1 amide bonds. The Hall–Kier alpha value is -2.18. The molecule has 1 aromatic rings. The van der Waals surface area contributed by atoms with E-state index in [2.05, 4.69) is 9.97 Å². The Morgan fingerprint density at radius 3 is 2.44 bits per heavy atom. The molecule has 1 aromatic heterocycles. The predicted octanol–water partition coefficient (Wildman–Crippen LogP) is 0.0840. The van der Waals surface area contributed by atoms with Gasteiger partial charge in [-0.15, -0.1) is 0 Å². The van der Waals surface area contributed by atoms with Crippen molar-refractivity contribution in [2.24, 2.45) is 0 Å². The first-order valence-corrected chi connectivity index (χ1v) is 5.61. The third-order valence-electron chi connectivity index (χ3n) is 2.36. The molecule has 0 atom stereocenters. The van der Waals surface area contributed by atoms with E-state index < -0.39 is 5.97 Å². The van der Waals surface area contributed by atoms with Crippen LogP contribution in [0.1, 0.15) is 24.3 Å². The van der Waals surface area contributed by atoms with Crippen molar-refractivity contribution in [3.63, 3.8) is 0 Å². The van der Waals surface area contributed by atoms with Crippen LogP contribution in [-0.2, 0) is 9.53 Å². The lowest BCUT2D eigenvalue weighted by atomic mass is 10.4. The van der Waals surface area contributed by atoms with Crippen molar-refractivity contribution in [2.75, 3.05) is 25.4 Å². The summed E-state index contributed by atoms with van der Waals surface area (Å²) in [7, 11) is 0. The Bertz CT molecular complexity index is 432. The number of hydrogen-bond donors (Lipinski definition) is 1. The molecule has 0 radical (unpaired) electrons. The Labute approximate surface area is 105 Å². The summed E-state index contributed by atoms with van der Waals surface area (Å²) in [6.45, 7) is 4.52. The second-order valence-electron chi connectivity index (χ2n) is 3.43. The van der Waals surface area contributed by atoms with Gasteiger partial charge in [-0.25, -0.2) is 14.8 Å². The summed E-state index contributed by atoms with van der Waals surface area (Å²) in [6, 6.07) is 0. The Morgan fingerprint density at radius 1 is 1.28 bits per heavy atom. The summed E-state index contributed by atoms with van der Waals surface area (Å²) < 4.78 is 4.84. The number of nitrogens with two attached hydrogens (primary N) is 1. The second-order valence-corrected chi connectivity index (χ2v) is 3.43. The van der Waals surface area contributed by atoms with Crippen LogP contribution in [0.4, 0.5) is 5.82 Å². The summed E-state index contributed by atoms with van der Waals surface area (Å²) >= 11 is 0. The smallest absolute Gasteiger partial charge is 0.361 e. The number of amides is 1. The normalized spacial score (nSPS) is 9.89. The molecule has 98 valence electrons. The van der Waals surface area contributed by atoms with E-state index in [4.69, 9.17) is 10.5 Å². The molecule has 0 spiro atoms. The van der Waals surface area contributed by atoms with Gasteiger partial charge in [-0.2, -0.15) is 0 Å². The molecule has 0 fully saturated rings. The van der Waals surface area contributed by atoms with Gasteiger partial charge in [0.1, 0.15) is 0 Å². The number of esters is 1. The molecule has 0 bridgehead atoms. The molecular weight excluding hydrogens is 236 g/mol. The van der Waals surface area contributed by atoms with Crippen molar-refractivity contribution >= 4 is 17.7 Å². The molecule has 0 aliphatic rings. The van der Waals surface area contributed by atoms with Crippen molar-refractivity contribution in [2.45, 2.75) is 13.8 Å². The highest BCUT2D eigenvalue weighted by molar-refractivity contribution is 5.93. The lowest BCUT2D eigenvalue weighted by Crippen LogP contribution is -2.34. The standard InChI is InChI=1S/C11H16N4O3/c1-3-15(4-2)8(16)7-18-11(17)9-10(12)14-6-5-13-9/h5-6H,3-4,7H2,1-2H3,(H2,12,14). The fourth-order valence-electron chi connectivity index (χ4n) is 1.37. The minimum Gasteiger partial charge on any atom is -0.451 e. The first-order valence-electron chi connectivity index (χ1n) is 5.61. The molecule has 2 N–H and O–H groups in total. The molecule has 0 unspecified atom stereocenters. The number of aromatic nitrogens is 2. The van der Waals surface area contributed by atoms with E-state index in [1.165, 1.54) is 12.4 Å². The highest BCUT2D eigenvalue weighted by Crippen LogP contribution is 2.05. The van der Waals surface area contributed by atoms with E-state index in [0.29, 0.717) is 13.1 Å². The second kappa shape index (κ2) is 6.53. The van der Waals surface area contributed by atoms with Gasteiger partial charge < -0.3 is 15.4 Å². The van der Waals surface area contributed by atoms with Crippen molar-refractivity contribution in [3.8, 4) is 0 Å². The number of ether oxygens (including phenoxy) is 1. The minimum atomic E-state index is -0.749. The van der Waals surface area contributed by atoms with E-state index in [9.17, 15) is 9.59 Å². The maximum Gasteiger partial charge on any atom is 0.361 e. The number of nitrogens with zero attached hydrogens (tertiary/aromatic N) is 3. The van der Waals surface area contributed by atoms with Crippen LogP contribution in [0.3, 0.4) is 0 Å². The zero-order valence-corrected chi connectivity index (χ0v) is 10.4.